The summed E-state index contributed by atoms with van der Waals surface area (Å²) in [4.78, 5) is 25.3. The second-order valence-electron chi connectivity index (χ2n) is 10.5. The Morgan fingerprint density at radius 1 is 1.12 bits per heavy atom. The van der Waals surface area contributed by atoms with Gasteiger partial charge in [0.1, 0.15) is 18.5 Å². The summed E-state index contributed by atoms with van der Waals surface area (Å²) in [7, 11) is 0. The van der Waals surface area contributed by atoms with Gasteiger partial charge in [-0.25, -0.2) is 4.68 Å². The predicted octanol–water partition coefficient (Wildman–Crippen LogP) is 5.17. The maximum absolute atomic E-state index is 12.9. The minimum atomic E-state index is -0.608. The van der Waals surface area contributed by atoms with Gasteiger partial charge < -0.3 is 25.3 Å². The average Bonchev–Trinajstić information content (AvgIpc) is 3.52. The minimum absolute atomic E-state index is 0.148. The van der Waals surface area contributed by atoms with E-state index in [4.69, 9.17) is 31.5 Å². The van der Waals surface area contributed by atoms with Crippen LogP contribution in [-0.4, -0.2) is 46.7 Å². The minimum Gasteiger partial charge on any atom is -0.491 e. The summed E-state index contributed by atoms with van der Waals surface area (Å²) >= 11 is 6.23. The Bertz CT molecular complexity index is 1650. The number of nitrogens with one attached hydrogen (secondary N) is 1. The van der Waals surface area contributed by atoms with Gasteiger partial charge >= 0.3 is 0 Å². The van der Waals surface area contributed by atoms with Crippen LogP contribution in [-0.2, 0) is 22.3 Å². The number of anilines is 1. The van der Waals surface area contributed by atoms with Crippen molar-refractivity contribution in [2.45, 2.75) is 38.6 Å². The van der Waals surface area contributed by atoms with Crippen LogP contribution < -0.4 is 15.8 Å². The molecule has 3 N–H and O–H groups in total. The van der Waals surface area contributed by atoms with Crippen LogP contribution in [0.15, 0.2) is 66.7 Å². The summed E-state index contributed by atoms with van der Waals surface area (Å²) < 4.78 is 19.1. The van der Waals surface area contributed by atoms with Crippen LogP contribution in [0.2, 0.25) is 5.02 Å². The second-order valence-corrected chi connectivity index (χ2v) is 10.9. The Morgan fingerprint density at radius 2 is 1.90 bits per heavy atom. The molecule has 1 unspecified atom stereocenters. The van der Waals surface area contributed by atoms with E-state index in [-0.39, 0.29) is 17.7 Å². The first-order valence-electron chi connectivity index (χ1n) is 13.3. The molecule has 9 nitrogen and oxygen atoms in total. The largest absolute Gasteiger partial charge is 0.491 e. The van der Waals surface area contributed by atoms with E-state index in [0.29, 0.717) is 48.1 Å². The zero-order valence-electron chi connectivity index (χ0n) is 22.6. The standard InChI is InChI=1S/C31H29ClN4O5/c1-31(2)40-17-22(41-31)16-39-21-12-10-20(11-13-21)36-28-24(27(35-36)29(33)37)14-8-18-7-9-19(15-25(18)28)34-30(38)23-5-3-4-6-26(23)32/h3-7,9-13,15,22H,8,14,16-17H2,1-2H3,(H2,33,37)(H,34,38). The number of fused-ring (bicyclic) bond motifs is 3. The molecule has 10 heteroatoms. The first-order valence-corrected chi connectivity index (χ1v) is 13.7. The number of carbonyl (C=O) groups excluding carboxylic acids is 2. The highest BCUT2D eigenvalue weighted by atomic mass is 35.5. The summed E-state index contributed by atoms with van der Waals surface area (Å²) in [6, 6.07) is 20.1. The van der Waals surface area contributed by atoms with Gasteiger partial charge in [0, 0.05) is 16.8 Å². The van der Waals surface area contributed by atoms with Crippen LogP contribution in [0.3, 0.4) is 0 Å². The van der Waals surface area contributed by atoms with Crippen molar-refractivity contribution in [2.75, 3.05) is 18.5 Å². The molecule has 2 aliphatic rings. The van der Waals surface area contributed by atoms with E-state index in [1.54, 1.807) is 28.9 Å². The van der Waals surface area contributed by atoms with Gasteiger partial charge in [0.2, 0.25) is 0 Å². The topological polar surface area (TPSA) is 118 Å². The lowest BCUT2D eigenvalue weighted by molar-refractivity contribution is -0.141. The molecule has 1 aliphatic carbocycles. The maximum Gasteiger partial charge on any atom is 0.269 e. The van der Waals surface area contributed by atoms with Crippen molar-refractivity contribution < 1.29 is 23.8 Å². The third-order valence-corrected chi connectivity index (χ3v) is 7.52. The molecular formula is C31H29ClN4O5. The summed E-state index contributed by atoms with van der Waals surface area (Å²) in [6.07, 6.45) is 1.18. The van der Waals surface area contributed by atoms with Crippen LogP contribution >= 0.6 is 11.6 Å². The molecule has 1 saturated heterocycles. The number of hydrogen-bond acceptors (Lipinski definition) is 6. The number of rotatable bonds is 7. The van der Waals surface area contributed by atoms with E-state index in [1.807, 2.05) is 56.3 Å². The highest BCUT2D eigenvalue weighted by molar-refractivity contribution is 6.34. The summed E-state index contributed by atoms with van der Waals surface area (Å²) in [5.41, 5.74) is 11.2. The summed E-state index contributed by atoms with van der Waals surface area (Å²) in [5, 5.41) is 7.93. The molecule has 2 heterocycles. The van der Waals surface area contributed by atoms with Crippen LogP contribution in [0.5, 0.6) is 5.75 Å². The molecule has 210 valence electrons. The van der Waals surface area contributed by atoms with Gasteiger partial charge in [-0.15, -0.1) is 0 Å². The van der Waals surface area contributed by atoms with Gasteiger partial charge in [0.15, 0.2) is 11.5 Å². The third kappa shape index (κ3) is 5.44. The van der Waals surface area contributed by atoms with E-state index in [2.05, 4.69) is 10.4 Å². The van der Waals surface area contributed by atoms with Gasteiger partial charge in [-0.1, -0.05) is 29.8 Å². The van der Waals surface area contributed by atoms with Gasteiger partial charge in [0.05, 0.1) is 28.6 Å². The lowest BCUT2D eigenvalue weighted by atomic mass is 9.88. The summed E-state index contributed by atoms with van der Waals surface area (Å²) in [5.74, 6) is -0.842. The zero-order chi connectivity index (χ0) is 28.7. The lowest BCUT2D eigenvalue weighted by Crippen LogP contribution is -2.25. The van der Waals surface area contributed by atoms with Crippen LogP contribution in [0, 0.1) is 0 Å². The highest BCUT2D eigenvalue weighted by Gasteiger charge is 2.33. The number of nitrogens with two attached hydrogens (primary N) is 1. The fourth-order valence-electron chi connectivity index (χ4n) is 5.26. The van der Waals surface area contributed by atoms with E-state index in [9.17, 15) is 9.59 Å². The molecule has 1 fully saturated rings. The molecule has 0 saturated carbocycles. The van der Waals surface area contributed by atoms with Crippen molar-refractivity contribution in [2.24, 2.45) is 5.73 Å². The van der Waals surface area contributed by atoms with Crippen molar-refractivity contribution in [3.63, 3.8) is 0 Å². The van der Waals surface area contributed by atoms with Crippen LogP contribution in [0.1, 0.15) is 45.8 Å². The Kier molecular flexibility index (Phi) is 7.03. The number of ether oxygens (including phenoxy) is 3. The highest BCUT2D eigenvalue weighted by Crippen LogP contribution is 2.38. The molecule has 2 amide bonds. The predicted molar refractivity (Wildman–Crippen MR) is 155 cm³/mol. The van der Waals surface area contributed by atoms with Crippen LogP contribution in [0.25, 0.3) is 16.9 Å². The molecular weight excluding hydrogens is 544 g/mol. The number of hydrogen-bond donors (Lipinski definition) is 2. The number of amides is 2. The van der Waals surface area contributed by atoms with E-state index in [0.717, 1.165) is 28.1 Å². The van der Waals surface area contributed by atoms with Gasteiger partial charge in [-0.2, -0.15) is 5.10 Å². The Morgan fingerprint density at radius 3 is 2.61 bits per heavy atom. The van der Waals surface area contributed by atoms with Gasteiger partial charge in [0.25, 0.3) is 11.8 Å². The van der Waals surface area contributed by atoms with Gasteiger partial charge in [-0.3, -0.25) is 9.59 Å². The Labute approximate surface area is 242 Å². The fraction of sp³-hybridized carbons (Fsp3) is 0.258. The fourth-order valence-corrected chi connectivity index (χ4v) is 5.48. The van der Waals surface area contributed by atoms with Crippen molar-refractivity contribution in [1.82, 2.24) is 9.78 Å². The molecule has 0 spiro atoms. The number of aromatic nitrogens is 2. The second kappa shape index (κ2) is 10.7. The van der Waals surface area contributed by atoms with E-state index in [1.165, 1.54) is 0 Å². The van der Waals surface area contributed by atoms with Crippen molar-refractivity contribution in [3.8, 4) is 22.7 Å². The molecule has 41 heavy (non-hydrogen) atoms. The zero-order valence-corrected chi connectivity index (χ0v) is 23.4. The normalized spacial score (nSPS) is 17.0. The molecule has 3 aromatic carbocycles. The monoisotopic (exact) mass is 572 g/mol. The molecule has 4 aromatic rings. The number of halogens is 1. The molecule has 1 atom stereocenters. The SMILES string of the molecule is CC1(C)OCC(COc2ccc(-n3nc(C(N)=O)c4c3-c3cc(NC(=O)c5ccccc5Cl)ccc3CC4)cc2)O1. The maximum atomic E-state index is 12.9. The van der Waals surface area contributed by atoms with Gasteiger partial charge in [-0.05, 0) is 80.8 Å². The Balaban J connectivity index is 1.30. The smallest absolute Gasteiger partial charge is 0.269 e. The summed E-state index contributed by atoms with van der Waals surface area (Å²) in [6.45, 7) is 4.59. The number of carbonyl (C=O) groups is 2. The molecule has 1 aliphatic heterocycles. The van der Waals surface area contributed by atoms with Crippen LogP contribution in [0.4, 0.5) is 5.69 Å². The average molecular weight is 573 g/mol. The first kappa shape index (κ1) is 27.0. The number of primary amides is 1. The lowest BCUT2D eigenvalue weighted by Gasteiger charge is -2.20. The quantitative estimate of drug-likeness (QED) is 0.315. The molecule has 0 bridgehead atoms. The van der Waals surface area contributed by atoms with Crippen molar-refractivity contribution >= 4 is 29.1 Å². The number of nitrogens with zero attached hydrogens (tertiary/aromatic N) is 2. The van der Waals surface area contributed by atoms with Crippen molar-refractivity contribution in [1.29, 1.82) is 0 Å². The number of benzene rings is 3. The molecule has 1 aromatic heterocycles. The number of aryl methyl sites for hydroxylation is 1. The van der Waals surface area contributed by atoms with E-state index >= 15 is 0 Å². The third-order valence-electron chi connectivity index (χ3n) is 7.19. The van der Waals surface area contributed by atoms with E-state index < -0.39 is 11.7 Å². The molecule has 6 rings (SSSR count). The first-order chi connectivity index (χ1) is 19.7. The molecule has 0 radical (unpaired) electrons. The Hall–Kier alpha value is -4.18. The van der Waals surface area contributed by atoms with Crippen molar-refractivity contribution in [3.05, 3.63) is 94.1 Å².